The molecule has 0 aliphatic heterocycles. The molecule has 0 aliphatic rings. The summed E-state index contributed by atoms with van der Waals surface area (Å²) in [5.74, 6) is -0.213. The molecular weight excluding hydrogens is 294 g/mol. The lowest BCUT2D eigenvalue weighted by molar-refractivity contribution is -0.115. The van der Waals surface area contributed by atoms with Crippen LogP contribution in [0, 0.1) is 0 Å². The highest BCUT2D eigenvalue weighted by Crippen LogP contribution is 2.26. The molecule has 100 valence electrons. The largest absolute Gasteiger partial charge is 0.324 e. The van der Waals surface area contributed by atoms with Crippen LogP contribution >= 0.6 is 23.4 Å². The van der Waals surface area contributed by atoms with Crippen LogP contribution in [0.3, 0.4) is 0 Å². The molecule has 0 aromatic heterocycles. The van der Waals surface area contributed by atoms with Crippen LogP contribution in [0.15, 0.2) is 23.1 Å². The fourth-order valence-corrected chi connectivity index (χ4v) is 2.26. The van der Waals surface area contributed by atoms with Gasteiger partial charge in [-0.15, -0.1) is 0 Å². The van der Waals surface area contributed by atoms with Gasteiger partial charge < -0.3 is 5.32 Å². The minimum Gasteiger partial charge on any atom is -0.324 e. The van der Waals surface area contributed by atoms with E-state index in [-0.39, 0.29) is 16.1 Å². The third kappa shape index (κ3) is 3.90. The van der Waals surface area contributed by atoms with E-state index >= 15 is 0 Å². The molecule has 0 unspecified atom stereocenters. The highest BCUT2D eigenvalue weighted by molar-refractivity contribution is 7.99. The first-order valence-corrected chi connectivity index (χ1v) is 8.64. The number of nitrogens with one attached hydrogen (secondary N) is 1. The first-order valence-electron chi connectivity index (χ1n) is 5.09. The summed E-state index contributed by atoms with van der Waals surface area (Å²) in [4.78, 5) is 11.8. The molecule has 1 aromatic rings. The van der Waals surface area contributed by atoms with Crippen LogP contribution in [0.4, 0.5) is 5.69 Å². The van der Waals surface area contributed by atoms with E-state index in [0.29, 0.717) is 10.7 Å². The number of carbonyl (C=O) groups excluding carboxylic acids is 1. The Morgan fingerprint density at radius 3 is 2.56 bits per heavy atom. The lowest BCUT2D eigenvalue weighted by Gasteiger charge is -2.12. The molecule has 1 atom stereocenters. The Hall–Kier alpha value is -0.720. The highest BCUT2D eigenvalue weighted by atomic mass is 35.5. The third-order valence-electron chi connectivity index (χ3n) is 2.35. The molecule has 7 heteroatoms. The summed E-state index contributed by atoms with van der Waals surface area (Å²) >= 11 is 7.32. The number of thioether (sulfide) groups is 1. The van der Waals surface area contributed by atoms with Crippen molar-refractivity contribution in [3.05, 3.63) is 23.2 Å². The van der Waals surface area contributed by atoms with Crippen LogP contribution in [0.1, 0.15) is 6.92 Å². The Balaban J connectivity index is 3.06. The fraction of sp³-hybridized carbons (Fsp3) is 0.364. The molecule has 0 bridgehead atoms. The molecule has 1 rings (SSSR count). The summed E-state index contributed by atoms with van der Waals surface area (Å²) in [6, 6.07) is 4.23. The van der Waals surface area contributed by atoms with Gasteiger partial charge in [0.2, 0.25) is 5.91 Å². The van der Waals surface area contributed by atoms with Crippen LogP contribution in [0.2, 0.25) is 5.02 Å². The number of sulfone groups is 1. The Morgan fingerprint density at radius 1 is 1.44 bits per heavy atom. The fourth-order valence-electron chi connectivity index (χ4n) is 1.17. The number of hydrogen-bond donors (Lipinski definition) is 1. The van der Waals surface area contributed by atoms with Gasteiger partial charge in [-0.3, -0.25) is 4.79 Å². The van der Waals surface area contributed by atoms with Crippen molar-refractivity contribution in [2.45, 2.75) is 17.1 Å². The van der Waals surface area contributed by atoms with Crippen LogP contribution in [-0.4, -0.2) is 32.1 Å². The molecule has 4 nitrogen and oxygen atoms in total. The molecule has 0 saturated heterocycles. The van der Waals surface area contributed by atoms with Gasteiger partial charge in [0.1, 0.15) is 0 Å². The van der Waals surface area contributed by atoms with E-state index in [1.54, 1.807) is 6.92 Å². The lowest BCUT2D eigenvalue weighted by Crippen LogP contribution is -2.22. The van der Waals surface area contributed by atoms with Gasteiger partial charge >= 0.3 is 0 Å². The summed E-state index contributed by atoms with van der Waals surface area (Å²) < 4.78 is 22.8. The monoisotopic (exact) mass is 307 g/mol. The first-order chi connectivity index (χ1) is 8.25. The second-order valence-electron chi connectivity index (χ2n) is 3.78. The Morgan fingerprint density at radius 2 is 2.06 bits per heavy atom. The van der Waals surface area contributed by atoms with E-state index in [1.165, 1.54) is 30.0 Å². The molecule has 18 heavy (non-hydrogen) atoms. The van der Waals surface area contributed by atoms with Gasteiger partial charge in [-0.1, -0.05) is 11.6 Å². The highest BCUT2D eigenvalue weighted by Gasteiger charge is 2.15. The predicted octanol–water partition coefficient (Wildman–Crippen LogP) is 2.43. The third-order valence-corrected chi connectivity index (χ3v) is 4.71. The molecule has 0 fully saturated rings. The molecule has 0 saturated carbocycles. The summed E-state index contributed by atoms with van der Waals surface area (Å²) in [5, 5.41) is 2.69. The maximum absolute atomic E-state index is 11.7. The predicted molar refractivity (Wildman–Crippen MR) is 76.2 cm³/mol. The van der Waals surface area contributed by atoms with Crippen molar-refractivity contribution in [2.24, 2.45) is 0 Å². The molecule has 1 amide bonds. The van der Waals surface area contributed by atoms with Gasteiger partial charge in [-0.05, 0) is 31.4 Å². The minimum absolute atomic E-state index is 0.124. The van der Waals surface area contributed by atoms with Crippen LogP contribution in [-0.2, 0) is 14.6 Å². The molecule has 0 aliphatic carbocycles. The first kappa shape index (κ1) is 15.3. The van der Waals surface area contributed by atoms with E-state index in [4.69, 9.17) is 11.6 Å². The van der Waals surface area contributed by atoms with Crippen molar-refractivity contribution >= 4 is 44.8 Å². The van der Waals surface area contributed by atoms with Crippen molar-refractivity contribution in [3.63, 3.8) is 0 Å². The second kappa shape index (κ2) is 5.95. The quantitative estimate of drug-likeness (QED) is 0.928. The van der Waals surface area contributed by atoms with Gasteiger partial charge in [0.05, 0.1) is 20.9 Å². The molecular formula is C11H14ClNO3S2. The Labute approximate surface area is 116 Å². The summed E-state index contributed by atoms with van der Waals surface area (Å²) in [7, 11) is -3.32. The van der Waals surface area contributed by atoms with Crippen LogP contribution in [0.25, 0.3) is 0 Å². The van der Waals surface area contributed by atoms with E-state index in [2.05, 4.69) is 5.32 Å². The zero-order chi connectivity index (χ0) is 13.9. The van der Waals surface area contributed by atoms with Gasteiger partial charge in [-0.2, -0.15) is 11.8 Å². The van der Waals surface area contributed by atoms with Gasteiger partial charge in [-0.25, -0.2) is 8.42 Å². The SMILES string of the molecule is CS[C@@H](C)C(=O)Nc1cc(S(C)(=O)=O)ccc1Cl. The number of halogens is 1. The van der Waals surface area contributed by atoms with Crippen molar-refractivity contribution in [1.29, 1.82) is 0 Å². The van der Waals surface area contributed by atoms with Crippen molar-refractivity contribution < 1.29 is 13.2 Å². The number of rotatable bonds is 4. The average molecular weight is 308 g/mol. The summed E-state index contributed by atoms with van der Waals surface area (Å²) in [6.45, 7) is 1.76. The summed E-state index contributed by atoms with van der Waals surface area (Å²) in [5.41, 5.74) is 0.311. The number of benzene rings is 1. The lowest BCUT2D eigenvalue weighted by atomic mass is 10.3. The maximum Gasteiger partial charge on any atom is 0.237 e. The molecule has 0 heterocycles. The normalized spacial score (nSPS) is 13.1. The van der Waals surface area contributed by atoms with Crippen LogP contribution < -0.4 is 5.32 Å². The van der Waals surface area contributed by atoms with Crippen molar-refractivity contribution in [3.8, 4) is 0 Å². The zero-order valence-electron chi connectivity index (χ0n) is 10.2. The Kier molecular flexibility index (Phi) is 5.07. The Bertz CT molecular complexity index is 557. The topological polar surface area (TPSA) is 63.2 Å². The van der Waals surface area contributed by atoms with E-state index in [0.717, 1.165) is 6.26 Å². The van der Waals surface area contributed by atoms with Crippen molar-refractivity contribution in [2.75, 3.05) is 17.8 Å². The number of anilines is 1. The van der Waals surface area contributed by atoms with Gasteiger partial charge in [0.25, 0.3) is 0 Å². The number of carbonyl (C=O) groups is 1. The van der Waals surface area contributed by atoms with Crippen molar-refractivity contribution in [1.82, 2.24) is 0 Å². The summed E-state index contributed by atoms with van der Waals surface area (Å²) in [6.07, 6.45) is 2.92. The standard InChI is InChI=1S/C11H14ClNO3S2/c1-7(17-2)11(14)13-10-6-8(18(3,15)16)4-5-9(10)12/h4-7H,1-3H3,(H,13,14)/t7-/m0/s1. The number of amides is 1. The van der Waals surface area contributed by atoms with Gasteiger partial charge in [0.15, 0.2) is 9.84 Å². The molecule has 1 aromatic carbocycles. The smallest absolute Gasteiger partial charge is 0.237 e. The molecule has 0 radical (unpaired) electrons. The van der Waals surface area contributed by atoms with E-state index in [9.17, 15) is 13.2 Å². The zero-order valence-corrected chi connectivity index (χ0v) is 12.6. The second-order valence-corrected chi connectivity index (χ2v) is 7.38. The van der Waals surface area contributed by atoms with Gasteiger partial charge in [0, 0.05) is 6.26 Å². The van der Waals surface area contributed by atoms with E-state index in [1.807, 2.05) is 6.26 Å². The molecule has 0 spiro atoms. The molecule has 1 N–H and O–H groups in total. The minimum atomic E-state index is -3.32. The maximum atomic E-state index is 11.7. The number of hydrogen-bond acceptors (Lipinski definition) is 4. The van der Waals surface area contributed by atoms with Crippen LogP contribution in [0.5, 0.6) is 0 Å². The van der Waals surface area contributed by atoms with E-state index < -0.39 is 9.84 Å². The average Bonchev–Trinajstić information content (AvgIpc) is 2.29.